The lowest BCUT2D eigenvalue weighted by Crippen LogP contribution is -2.12. The van der Waals surface area contributed by atoms with E-state index in [1.807, 2.05) is 54.9 Å². The number of hydrogen-bond donors (Lipinski definition) is 1. The zero-order valence-electron chi connectivity index (χ0n) is 13.7. The van der Waals surface area contributed by atoms with Crippen molar-refractivity contribution in [2.24, 2.45) is 0 Å². The van der Waals surface area contributed by atoms with Crippen LogP contribution in [0.15, 0.2) is 40.8 Å². The van der Waals surface area contributed by atoms with Crippen molar-refractivity contribution < 1.29 is 9.21 Å². The molecular weight excluding hydrogens is 306 g/mol. The quantitative estimate of drug-likeness (QED) is 0.753. The molecule has 0 spiro atoms. The van der Waals surface area contributed by atoms with Gasteiger partial charge in [-0.05, 0) is 32.0 Å². The highest BCUT2D eigenvalue weighted by molar-refractivity contribution is 5.90. The van der Waals surface area contributed by atoms with Crippen molar-refractivity contribution in [1.82, 2.24) is 20.0 Å². The molecule has 0 radical (unpaired) electrons. The van der Waals surface area contributed by atoms with Crippen LogP contribution in [0.25, 0.3) is 11.6 Å². The van der Waals surface area contributed by atoms with E-state index in [9.17, 15) is 4.79 Å². The summed E-state index contributed by atoms with van der Waals surface area (Å²) in [6.07, 6.45) is 0.674. The van der Waals surface area contributed by atoms with E-state index in [4.69, 9.17) is 4.42 Å². The smallest absolute Gasteiger partial charge is 0.265 e. The van der Waals surface area contributed by atoms with Gasteiger partial charge in [0.1, 0.15) is 5.69 Å². The molecule has 0 unspecified atom stereocenters. The Labute approximate surface area is 139 Å². The summed E-state index contributed by atoms with van der Waals surface area (Å²) in [7, 11) is 0. The van der Waals surface area contributed by atoms with Crippen molar-refractivity contribution >= 4 is 11.6 Å². The first-order valence-electron chi connectivity index (χ1n) is 7.88. The Hall–Kier alpha value is -2.96. The van der Waals surface area contributed by atoms with Crippen molar-refractivity contribution in [3.8, 4) is 11.6 Å². The van der Waals surface area contributed by atoms with Crippen LogP contribution in [-0.4, -0.2) is 25.9 Å². The van der Waals surface area contributed by atoms with Crippen molar-refractivity contribution in [3.63, 3.8) is 0 Å². The second kappa shape index (κ2) is 7.08. The standard InChI is InChI=1S/C17H19N5O2/c1-3-22-14(11-12(2)21-22)17-20-19-16(24-17)10-9-15(23)18-13-7-5-4-6-8-13/h4-8,11H,3,9-10H2,1-2H3,(H,18,23). The molecule has 2 heterocycles. The summed E-state index contributed by atoms with van der Waals surface area (Å²) in [6.45, 7) is 4.64. The van der Waals surface area contributed by atoms with E-state index in [1.54, 1.807) is 0 Å². The topological polar surface area (TPSA) is 85.8 Å². The Kier molecular flexibility index (Phi) is 4.69. The second-order valence-electron chi connectivity index (χ2n) is 5.40. The SMILES string of the molecule is CCn1nc(C)cc1-c1nnc(CCC(=O)Nc2ccccc2)o1. The van der Waals surface area contributed by atoms with Crippen molar-refractivity contribution in [1.29, 1.82) is 0 Å². The molecule has 7 nitrogen and oxygen atoms in total. The summed E-state index contributed by atoms with van der Waals surface area (Å²) in [5, 5.41) is 15.3. The lowest BCUT2D eigenvalue weighted by molar-refractivity contribution is -0.116. The van der Waals surface area contributed by atoms with Crippen molar-refractivity contribution in [2.45, 2.75) is 33.2 Å². The molecule has 0 atom stereocenters. The number of para-hydroxylation sites is 1. The normalized spacial score (nSPS) is 10.8. The number of carbonyl (C=O) groups is 1. The van der Waals surface area contributed by atoms with Crippen LogP contribution in [0, 0.1) is 6.92 Å². The van der Waals surface area contributed by atoms with Gasteiger partial charge in [-0.25, -0.2) is 0 Å². The van der Waals surface area contributed by atoms with E-state index >= 15 is 0 Å². The van der Waals surface area contributed by atoms with Gasteiger partial charge in [-0.15, -0.1) is 10.2 Å². The van der Waals surface area contributed by atoms with Gasteiger partial charge < -0.3 is 9.73 Å². The number of nitrogens with one attached hydrogen (secondary N) is 1. The summed E-state index contributed by atoms with van der Waals surface area (Å²) >= 11 is 0. The molecule has 124 valence electrons. The average molecular weight is 325 g/mol. The molecule has 7 heteroatoms. The fraction of sp³-hybridized carbons (Fsp3) is 0.294. The Morgan fingerprint density at radius 2 is 2.04 bits per heavy atom. The number of benzene rings is 1. The first-order chi connectivity index (χ1) is 11.7. The number of carbonyl (C=O) groups excluding carboxylic acids is 1. The van der Waals surface area contributed by atoms with Crippen LogP contribution < -0.4 is 5.32 Å². The number of rotatable bonds is 6. The minimum absolute atomic E-state index is 0.0876. The predicted molar refractivity (Wildman–Crippen MR) is 89.3 cm³/mol. The van der Waals surface area contributed by atoms with Crippen molar-refractivity contribution in [3.05, 3.63) is 48.0 Å². The van der Waals surface area contributed by atoms with E-state index in [0.717, 1.165) is 23.6 Å². The predicted octanol–water partition coefficient (Wildman–Crippen LogP) is 2.83. The molecule has 0 saturated heterocycles. The number of amides is 1. The molecule has 0 bridgehead atoms. The van der Waals surface area contributed by atoms with Crippen LogP contribution in [0.5, 0.6) is 0 Å². The van der Waals surface area contributed by atoms with Crippen LogP contribution in [0.1, 0.15) is 24.9 Å². The first-order valence-corrected chi connectivity index (χ1v) is 7.88. The fourth-order valence-electron chi connectivity index (χ4n) is 2.38. The van der Waals surface area contributed by atoms with Gasteiger partial charge in [0.2, 0.25) is 11.8 Å². The van der Waals surface area contributed by atoms with Crippen molar-refractivity contribution in [2.75, 3.05) is 5.32 Å². The van der Waals surface area contributed by atoms with Gasteiger partial charge in [0.25, 0.3) is 5.89 Å². The van der Waals surface area contributed by atoms with E-state index in [0.29, 0.717) is 18.2 Å². The van der Waals surface area contributed by atoms with E-state index < -0.39 is 0 Å². The maximum atomic E-state index is 12.0. The summed E-state index contributed by atoms with van der Waals surface area (Å²) in [6, 6.07) is 11.2. The van der Waals surface area contributed by atoms with Gasteiger partial charge in [0, 0.05) is 25.1 Å². The van der Waals surface area contributed by atoms with Gasteiger partial charge >= 0.3 is 0 Å². The Bertz CT molecular complexity index is 823. The number of nitrogens with zero attached hydrogens (tertiary/aromatic N) is 4. The monoisotopic (exact) mass is 325 g/mol. The van der Waals surface area contributed by atoms with Crippen LogP contribution in [-0.2, 0) is 17.8 Å². The van der Waals surface area contributed by atoms with Crippen LogP contribution in [0.3, 0.4) is 0 Å². The molecule has 1 aromatic carbocycles. The number of aryl methyl sites for hydroxylation is 3. The van der Waals surface area contributed by atoms with Crippen LogP contribution in [0.2, 0.25) is 0 Å². The Balaban J connectivity index is 1.61. The van der Waals surface area contributed by atoms with E-state index in [-0.39, 0.29) is 12.3 Å². The molecule has 0 saturated carbocycles. The van der Waals surface area contributed by atoms with Gasteiger partial charge in [-0.3, -0.25) is 9.48 Å². The second-order valence-corrected chi connectivity index (χ2v) is 5.40. The molecule has 0 aliphatic heterocycles. The van der Waals surface area contributed by atoms with Gasteiger partial charge in [0.15, 0.2) is 0 Å². The highest BCUT2D eigenvalue weighted by Gasteiger charge is 2.15. The van der Waals surface area contributed by atoms with E-state index in [1.165, 1.54) is 0 Å². The lowest BCUT2D eigenvalue weighted by Gasteiger charge is -2.03. The maximum Gasteiger partial charge on any atom is 0.265 e. The summed E-state index contributed by atoms with van der Waals surface area (Å²) in [5.41, 5.74) is 2.47. The molecule has 1 amide bonds. The molecular formula is C17H19N5O2. The van der Waals surface area contributed by atoms with Crippen LogP contribution >= 0.6 is 0 Å². The minimum atomic E-state index is -0.0876. The summed E-state index contributed by atoms with van der Waals surface area (Å²) < 4.78 is 7.48. The highest BCUT2D eigenvalue weighted by Crippen LogP contribution is 2.19. The zero-order valence-corrected chi connectivity index (χ0v) is 13.7. The number of aromatic nitrogens is 4. The molecule has 3 rings (SSSR count). The van der Waals surface area contributed by atoms with Gasteiger partial charge in [0.05, 0.1) is 5.69 Å². The third-order valence-electron chi connectivity index (χ3n) is 3.51. The van der Waals surface area contributed by atoms with Gasteiger partial charge in [-0.2, -0.15) is 5.10 Å². The molecule has 1 N–H and O–H groups in total. The maximum absolute atomic E-state index is 12.0. The molecule has 3 aromatic rings. The number of anilines is 1. The Morgan fingerprint density at radius 3 is 2.79 bits per heavy atom. The third-order valence-corrected chi connectivity index (χ3v) is 3.51. The summed E-state index contributed by atoms with van der Waals surface area (Å²) in [4.78, 5) is 12.0. The zero-order chi connectivity index (χ0) is 16.9. The molecule has 0 aliphatic carbocycles. The molecule has 0 aliphatic rings. The first kappa shape index (κ1) is 15.9. The Morgan fingerprint density at radius 1 is 1.25 bits per heavy atom. The minimum Gasteiger partial charge on any atom is -0.419 e. The highest BCUT2D eigenvalue weighted by atomic mass is 16.4. The largest absolute Gasteiger partial charge is 0.419 e. The molecule has 2 aromatic heterocycles. The third kappa shape index (κ3) is 3.68. The van der Waals surface area contributed by atoms with Gasteiger partial charge in [-0.1, -0.05) is 18.2 Å². The average Bonchev–Trinajstić information content (AvgIpc) is 3.20. The molecule has 0 fully saturated rings. The van der Waals surface area contributed by atoms with E-state index in [2.05, 4.69) is 20.6 Å². The fourth-order valence-corrected chi connectivity index (χ4v) is 2.38. The number of hydrogen-bond acceptors (Lipinski definition) is 5. The summed E-state index contributed by atoms with van der Waals surface area (Å²) in [5.74, 6) is 0.779. The molecule has 24 heavy (non-hydrogen) atoms. The van der Waals surface area contributed by atoms with Crippen LogP contribution in [0.4, 0.5) is 5.69 Å². The lowest BCUT2D eigenvalue weighted by atomic mass is 10.2.